The minimum atomic E-state index is -0.519. The number of amides is 1. The van der Waals surface area contributed by atoms with Gasteiger partial charge >= 0.3 is 0 Å². The number of aliphatic hydroxyl groups is 1. The first-order valence-corrected chi connectivity index (χ1v) is 5.54. The van der Waals surface area contributed by atoms with Crippen LogP contribution in [0, 0.1) is 5.41 Å². The zero-order valence-corrected chi connectivity index (χ0v) is 9.89. The lowest BCUT2D eigenvalue weighted by Crippen LogP contribution is -2.52. The molecule has 0 saturated heterocycles. The molecule has 1 amide bonds. The van der Waals surface area contributed by atoms with Crippen molar-refractivity contribution >= 4 is 5.91 Å². The molecule has 1 aliphatic rings. The first-order chi connectivity index (χ1) is 6.96. The Morgan fingerprint density at radius 2 is 2.07 bits per heavy atom. The Labute approximate surface area is 91.4 Å². The van der Waals surface area contributed by atoms with E-state index in [1.165, 1.54) is 0 Å². The summed E-state index contributed by atoms with van der Waals surface area (Å²) in [7, 11) is 1.78. The molecule has 0 aromatic heterocycles. The second-order valence-electron chi connectivity index (χ2n) is 5.03. The number of nitrogens with one attached hydrogen (secondary N) is 2. The van der Waals surface area contributed by atoms with Gasteiger partial charge in [-0.3, -0.25) is 4.79 Å². The fraction of sp³-hybridized carbons (Fsp3) is 0.909. The van der Waals surface area contributed by atoms with Crippen molar-refractivity contribution in [3.8, 4) is 0 Å². The molecule has 1 aliphatic carbocycles. The van der Waals surface area contributed by atoms with Gasteiger partial charge in [0.2, 0.25) is 5.91 Å². The van der Waals surface area contributed by atoms with Crippen molar-refractivity contribution in [2.75, 3.05) is 20.2 Å². The Balaban J connectivity index is 2.34. The summed E-state index contributed by atoms with van der Waals surface area (Å²) in [6.07, 6.45) is 3.04. The van der Waals surface area contributed by atoms with Gasteiger partial charge in [0.15, 0.2) is 0 Å². The molecule has 0 unspecified atom stereocenters. The molecule has 0 aliphatic heterocycles. The first kappa shape index (κ1) is 12.5. The molecule has 1 rings (SSSR count). The average Bonchev–Trinajstić information content (AvgIpc) is 2.95. The van der Waals surface area contributed by atoms with Crippen LogP contribution in [0.5, 0.6) is 0 Å². The standard InChI is InChI=1S/C11H22N2O2/c1-10(2,12-3)9(15)13-8-11(4-5-11)6-7-14/h12,14H,4-8H2,1-3H3,(H,13,15). The number of carbonyl (C=O) groups is 1. The summed E-state index contributed by atoms with van der Waals surface area (Å²) in [5.41, 5.74) is -0.330. The fourth-order valence-electron chi connectivity index (χ4n) is 1.53. The van der Waals surface area contributed by atoms with Crippen molar-refractivity contribution in [3.63, 3.8) is 0 Å². The molecule has 4 heteroatoms. The zero-order valence-electron chi connectivity index (χ0n) is 9.89. The summed E-state index contributed by atoms with van der Waals surface area (Å²) >= 11 is 0. The Morgan fingerprint density at radius 3 is 2.47 bits per heavy atom. The van der Waals surface area contributed by atoms with Crippen LogP contribution in [0.2, 0.25) is 0 Å². The molecule has 0 heterocycles. The number of rotatable bonds is 6. The van der Waals surface area contributed by atoms with E-state index >= 15 is 0 Å². The van der Waals surface area contributed by atoms with Gasteiger partial charge in [0, 0.05) is 13.2 Å². The maximum Gasteiger partial charge on any atom is 0.239 e. The Hall–Kier alpha value is -0.610. The third kappa shape index (κ3) is 3.18. The predicted octanol–water partition coefficient (Wildman–Crippen LogP) is 0.263. The molecule has 1 fully saturated rings. The monoisotopic (exact) mass is 214 g/mol. The lowest BCUT2D eigenvalue weighted by atomic mass is 10.0. The molecule has 0 aromatic carbocycles. The van der Waals surface area contributed by atoms with Crippen LogP contribution in [-0.4, -0.2) is 36.8 Å². The lowest BCUT2D eigenvalue weighted by Gasteiger charge is -2.24. The Kier molecular flexibility index (Phi) is 3.73. The number of hydrogen-bond acceptors (Lipinski definition) is 3. The van der Waals surface area contributed by atoms with Gasteiger partial charge < -0.3 is 15.7 Å². The summed E-state index contributed by atoms with van der Waals surface area (Å²) in [6.45, 7) is 4.62. The molecule has 15 heavy (non-hydrogen) atoms. The van der Waals surface area contributed by atoms with Crippen LogP contribution in [0.1, 0.15) is 33.1 Å². The van der Waals surface area contributed by atoms with Crippen LogP contribution < -0.4 is 10.6 Å². The van der Waals surface area contributed by atoms with Gasteiger partial charge in [0.05, 0.1) is 5.54 Å². The van der Waals surface area contributed by atoms with E-state index in [2.05, 4.69) is 10.6 Å². The molecule has 88 valence electrons. The first-order valence-electron chi connectivity index (χ1n) is 5.54. The molecule has 0 spiro atoms. The van der Waals surface area contributed by atoms with Crippen molar-refractivity contribution < 1.29 is 9.90 Å². The summed E-state index contributed by atoms with van der Waals surface area (Å²) in [5.74, 6) is 0.0224. The highest BCUT2D eigenvalue weighted by Crippen LogP contribution is 2.47. The van der Waals surface area contributed by atoms with E-state index in [1.807, 2.05) is 13.8 Å². The van der Waals surface area contributed by atoms with Crippen LogP contribution in [0.4, 0.5) is 0 Å². The summed E-state index contributed by atoms with van der Waals surface area (Å²) in [6, 6.07) is 0. The number of aliphatic hydroxyl groups excluding tert-OH is 1. The quantitative estimate of drug-likeness (QED) is 0.594. The van der Waals surface area contributed by atoms with E-state index in [4.69, 9.17) is 5.11 Å². The summed E-state index contributed by atoms with van der Waals surface area (Å²) in [4.78, 5) is 11.7. The maximum absolute atomic E-state index is 11.7. The largest absolute Gasteiger partial charge is 0.396 e. The van der Waals surface area contributed by atoms with Gasteiger partial charge in [0.25, 0.3) is 0 Å². The third-order valence-electron chi connectivity index (χ3n) is 3.42. The minimum Gasteiger partial charge on any atom is -0.396 e. The molecule has 0 radical (unpaired) electrons. The highest BCUT2D eigenvalue weighted by Gasteiger charge is 2.42. The van der Waals surface area contributed by atoms with Gasteiger partial charge in [-0.2, -0.15) is 0 Å². The minimum absolute atomic E-state index is 0.0224. The van der Waals surface area contributed by atoms with Crippen LogP contribution >= 0.6 is 0 Å². The van der Waals surface area contributed by atoms with Gasteiger partial charge in [-0.15, -0.1) is 0 Å². The van der Waals surface area contributed by atoms with Crippen molar-refractivity contribution in [1.82, 2.24) is 10.6 Å². The topological polar surface area (TPSA) is 61.4 Å². The van der Waals surface area contributed by atoms with Crippen LogP contribution in [0.25, 0.3) is 0 Å². The summed E-state index contributed by atoms with van der Waals surface area (Å²) < 4.78 is 0. The normalized spacial score (nSPS) is 18.7. The van der Waals surface area contributed by atoms with E-state index in [1.54, 1.807) is 7.05 Å². The highest BCUT2D eigenvalue weighted by molar-refractivity contribution is 5.85. The van der Waals surface area contributed by atoms with E-state index in [9.17, 15) is 4.79 Å². The molecule has 3 N–H and O–H groups in total. The molecular weight excluding hydrogens is 192 g/mol. The molecule has 1 saturated carbocycles. The van der Waals surface area contributed by atoms with Gasteiger partial charge in [-0.05, 0) is 45.6 Å². The fourth-order valence-corrected chi connectivity index (χ4v) is 1.53. The molecule has 0 bridgehead atoms. The van der Waals surface area contributed by atoms with Gasteiger partial charge in [-0.1, -0.05) is 0 Å². The van der Waals surface area contributed by atoms with Crippen LogP contribution in [0.15, 0.2) is 0 Å². The molecule has 0 aromatic rings. The molecule has 0 atom stereocenters. The van der Waals surface area contributed by atoms with Gasteiger partial charge in [0.1, 0.15) is 0 Å². The van der Waals surface area contributed by atoms with E-state index in [0.29, 0.717) is 6.54 Å². The van der Waals surface area contributed by atoms with Crippen LogP contribution in [-0.2, 0) is 4.79 Å². The number of carbonyl (C=O) groups excluding carboxylic acids is 1. The van der Waals surface area contributed by atoms with Crippen LogP contribution in [0.3, 0.4) is 0 Å². The zero-order chi connectivity index (χ0) is 11.5. The van der Waals surface area contributed by atoms with Crippen molar-refractivity contribution in [2.24, 2.45) is 5.41 Å². The Bertz CT molecular complexity index is 235. The lowest BCUT2D eigenvalue weighted by molar-refractivity contribution is -0.126. The Morgan fingerprint density at radius 1 is 1.47 bits per heavy atom. The number of hydrogen-bond donors (Lipinski definition) is 3. The predicted molar refractivity (Wildman–Crippen MR) is 59.5 cm³/mol. The smallest absolute Gasteiger partial charge is 0.239 e. The van der Waals surface area contributed by atoms with Crippen molar-refractivity contribution in [2.45, 2.75) is 38.6 Å². The van der Waals surface area contributed by atoms with E-state index < -0.39 is 5.54 Å². The second kappa shape index (κ2) is 4.49. The second-order valence-corrected chi connectivity index (χ2v) is 5.03. The molecular formula is C11H22N2O2. The summed E-state index contributed by atoms with van der Waals surface area (Å²) in [5, 5.41) is 14.8. The van der Waals surface area contributed by atoms with Crippen molar-refractivity contribution in [1.29, 1.82) is 0 Å². The SMILES string of the molecule is CNC(C)(C)C(=O)NCC1(CCO)CC1. The maximum atomic E-state index is 11.7. The van der Waals surface area contributed by atoms with Crippen molar-refractivity contribution in [3.05, 3.63) is 0 Å². The highest BCUT2D eigenvalue weighted by atomic mass is 16.3. The third-order valence-corrected chi connectivity index (χ3v) is 3.42. The van der Waals surface area contributed by atoms with E-state index in [-0.39, 0.29) is 17.9 Å². The average molecular weight is 214 g/mol. The van der Waals surface area contributed by atoms with Gasteiger partial charge in [-0.25, -0.2) is 0 Å². The number of likely N-dealkylation sites (N-methyl/N-ethyl adjacent to an activating group) is 1. The molecule has 4 nitrogen and oxygen atoms in total. The van der Waals surface area contributed by atoms with E-state index in [0.717, 1.165) is 19.3 Å².